The summed E-state index contributed by atoms with van der Waals surface area (Å²) in [6, 6.07) is 14.3. The predicted octanol–water partition coefficient (Wildman–Crippen LogP) is 4.00. The van der Waals surface area contributed by atoms with E-state index in [0.29, 0.717) is 0 Å². The molecule has 3 nitrogen and oxygen atoms in total. The van der Waals surface area contributed by atoms with Crippen LogP contribution in [-0.2, 0) is 16.6 Å². The highest BCUT2D eigenvalue weighted by Crippen LogP contribution is 2.44. The van der Waals surface area contributed by atoms with Crippen LogP contribution in [0.3, 0.4) is 0 Å². The quantitative estimate of drug-likeness (QED) is 0.862. The fourth-order valence-electron chi connectivity index (χ4n) is 3.53. The van der Waals surface area contributed by atoms with E-state index < -0.39 is 5.41 Å². The lowest BCUT2D eigenvalue weighted by molar-refractivity contribution is -0.130. The SMILES string of the molecule is COc1cccc(CC(C)NC(=O)C2(c3cccc(F)c3)CCC2)c1. The molecule has 1 saturated carbocycles. The lowest BCUT2D eigenvalue weighted by atomic mass is 9.63. The molecular formula is C21H24FNO2. The minimum absolute atomic E-state index is 0.000235. The van der Waals surface area contributed by atoms with E-state index in [1.54, 1.807) is 13.2 Å². The molecule has 3 rings (SSSR count). The van der Waals surface area contributed by atoms with E-state index in [4.69, 9.17) is 4.74 Å². The number of ether oxygens (including phenoxy) is 1. The number of amides is 1. The first-order valence-corrected chi connectivity index (χ1v) is 8.73. The van der Waals surface area contributed by atoms with Crippen molar-refractivity contribution in [2.45, 2.75) is 44.1 Å². The van der Waals surface area contributed by atoms with Gasteiger partial charge >= 0.3 is 0 Å². The van der Waals surface area contributed by atoms with Crippen LogP contribution in [0.2, 0.25) is 0 Å². The van der Waals surface area contributed by atoms with Crippen LogP contribution in [0.1, 0.15) is 37.3 Å². The molecule has 1 aliphatic rings. The molecule has 0 spiro atoms. The highest BCUT2D eigenvalue weighted by Gasteiger charge is 2.45. The lowest BCUT2D eigenvalue weighted by Crippen LogP contribution is -2.51. The molecular weight excluding hydrogens is 317 g/mol. The average Bonchev–Trinajstić information content (AvgIpc) is 2.54. The molecule has 2 aromatic rings. The Morgan fingerprint density at radius 2 is 2.00 bits per heavy atom. The maximum atomic E-state index is 13.6. The summed E-state index contributed by atoms with van der Waals surface area (Å²) < 4.78 is 18.8. The van der Waals surface area contributed by atoms with E-state index in [-0.39, 0.29) is 17.8 Å². The van der Waals surface area contributed by atoms with Crippen molar-refractivity contribution < 1.29 is 13.9 Å². The Morgan fingerprint density at radius 3 is 2.64 bits per heavy atom. The molecule has 0 heterocycles. The van der Waals surface area contributed by atoms with E-state index in [9.17, 15) is 9.18 Å². The summed E-state index contributed by atoms with van der Waals surface area (Å²) in [7, 11) is 1.64. The van der Waals surface area contributed by atoms with Crippen LogP contribution in [0.5, 0.6) is 5.75 Å². The van der Waals surface area contributed by atoms with Crippen LogP contribution in [0.25, 0.3) is 0 Å². The van der Waals surface area contributed by atoms with Crippen LogP contribution in [0.15, 0.2) is 48.5 Å². The number of methoxy groups -OCH3 is 1. The Bertz CT molecular complexity index is 755. The van der Waals surface area contributed by atoms with Crippen LogP contribution in [-0.4, -0.2) is 19.1 Å². The number of hydrogen-bond acceptors (Lipinski definition) is 2. The first kappa shape index (κ1) is 17.5. The van der Waals surface area contributed by atoms with Gasteiger partial charge in [-0.05, 0) is 61.6 Å². The van der Waals surface area contributed by atoms with Gasteiger partial charge in [-0.3, -0.25) is 4.79 Å². The summed E-state index contributed by atoms with van der Waals surface area (Å²) in [5.41, 5.74) is 1.32. The molecule has 2 aromatic carbocycles. The molecule has 0 saturated heterocycles. The molecule has 1 atom stereocenters. The summed E-state index contributed by atoms with van der Waals surface area (Å²) in [5.74, 6) is 0.520. The third-order valence-corrected chi connectivity index (χ3v) is 5.07. The smallest absolute Gasteiger partial charge is 0.230 e. The molecule has 1 unspecified atom stereocenters. The molecule has 1 fully saturated rings. The van der Waals surface area contributed by atoms with Crippen molar-refractivity contribution in [1.82, 2.24) is 5.32 Å². The Hall–Kier alpha value is -2.36. The van der Waals surface area contributed by atoms with Gasteiger partial charge in [0.1, 0.15) is 11.6 Å². The van der Waals surface area contributed by atoms with Crippen LogP contribution < -0.4 is 10.1 Å². The fraction of sp³-hybridized carbons (Fsp3) is 0.381. The molecule has 1 aliphatic carbocycles. The Balaban J connectivity index is 1.69. The number of hydrogen-bond donors (Lipinski definition) is 1. The lowest BCUT2D eigenvalue weighted by Gasteiger charge is -2.41. The zero-order chi connectivity index (χ0) is 17.9. The summed E-state index contributed by atoms with van der Waals surface area (Å²) in [6.07, 6.45) is 3.26. The summed E-state index contributed by atoms with van der Waals surface area (Å²) in [5, 5.41) is 3.12. The standard InChI is InChI=1S/C21H24FNO2/c1-15(12-16-6-3-9-19(13-16)25-2)23-20(24)21(10-5-11-21)17-7-4-8-18(22)14-17/h3-4,6-9,13-15H,5,10-12H2,1-2H3,(H,23,24). The van der Waals surface area contributed by atoms with E-state index in [0.717, 1.165) is 42.6 Å². The second-order valence-corrected chi connectivity index (χ2v) is 6.88. The van der Waals surface area contributed by atoms with Crippen molar-refractivity contribution >= 4 is 5.91 Å². The van der Waals surface area contributed by atoms with Crippen molar-refractivity contribution in [3.05, 3.63) is 65.5 Å². The molecule has 132 valence electrons. The number of halogens is 1. The average molecular weight is 341 g/mol. The van der Waals surface area contributed by atoms with E-state index in [1.807, 2.05) is 37.3 Å². The van der Waals surface area contributed by atoms with Crippen molar-refractivity contribution in [1.29, 1.82) is 0 Å². The predicted molar refractivity (Wildman–Crippen MR) is 96.2 cm³/mol. The van der Waals surface area contributed by atoms with Crippen LogP contribution in [0, 0.1) is 5.82 Å². The zero-order valence-electron chi connectivity index (χ0n) is 14.7. The third-order valence-electron chi connectivity index (χ3n) is 5.07. The first-order chi connectivity index (χ1) is 12.0. The van der Waals surface area contributed by atoms with Gasteiger partial charge in [0.2, 0.25) is 5.91 Å². The van der Waals surface area contributed by atoms with Gasteiger partial charge in [-0.2, -0.15) is 0 Å². The monoisotopic (exact) mass is 341 g/mol. The van der Waals surface area contributed by atoms with E-state index >= 15 is 0 Å². The highest BCUT2D eigenvalue weighted by molar-refractivity contribution is 5.89. The van der Waals surface area contributed by atoms with E-state index in [1.165, 1.54) is 12.1 Å². The number of nitrogens with one attached hydrogen (secondary N) is 1. The molecule has 0 aromatic heterocycles. The molecule has 0 radical (unpaired) electrons. The molecule has 4 heteroatoms. The molecule has 25 heavy (non-hydrogen) atoms. The van der Waals surface area contributed by atoms with E-state index in [2.05, 4.69) is 5.32 Å². The Kier molecular flexibility index (Phi) is 5.07. The second-order valence-electron chi connectivity index (χ2n) is 6.88. The fourth-order valence-corrected chi connectivity index (χ4v) is 3.53. The number of rotatable bonds is 6. The first-order valence-electron chi connectivity index (χ1n) is 8.73. The minimum atomic E-state index is -0.579. The molecule has 1 N–H and O–H groups in total. The van der Waals surface area contributed by atoms with Gasteiger partial charge in [0.25, 0.3) is 0 Å². The van der Waals surface area contributed by atoms with Gasteiger partial charge < -0.3 is 10.1 Å². The van der Waals surface area contributed by atoms with Crippen LogP contribution >= 0.6 is 0 Å². The van der Waals surface area contributed by atoms with Crippen molar-refractivity contribution in [2.24, 2.45) is 0 Å². The highest BCUT2D eigenvalue weighted by atomic mass is 19.1. The van der Waals surface area contributed by atoms with Gasteiger partial charge in [-0.1, -0.05) is 30.7 Å². The minimum Gasteiger partial charge on any atom is -0.497 e. The number of carbonyl (C=O) groups excluding carboxylic acids is 1. The second kappa shape index (κ2) is 7.26. The van der Waals surface area contributed by atoms with Gasteiger partial charge in [0.05, 0.1) is 12.5 Å². The summed E-state index contributed by atoms with van der Waals surface area (Å²) in [6.45, 7) is 2.00. The molecule has 0 aliphatic heterocycles. The third kappa shape index (κ3) is 3.68. The van der Waals surface area contributed by atoms with Crippen molar-refractivity contribution in [2.75, 3.05) is 7.11 Å². The van der Waals surface area contributed by atoms with Crippen molar-refractivity contribution in [3.8, 4) is 5.75 Å². The Morgan fingerprint density at radius 1 is 1.24 bits per heavy atom. The number of benzene rings is 2. The largest absolute Gasteiger partial charge is 0.497 e. The normalized spacial score (nSPS) is 16.6. The van der Waals surface area contributed by atoms with Crippen LogP contribution in [0.4, 0.5) is 4.39 Å². The Labute approximate surface area is 148 Å². The topological polar surface area (TPSA) is 38.3 Å². The van der Waals surface area contributed by atoms with Crippen molar-refractivity contribution in [3.63, 3.8) is 0 Å². The van der Waals surface area contributed by atoms with Gasteiger partial charge in [0, 0.05) is 6.04 Å². The van der Waals surface area contributed by atoms with Gasteiger partial charge in [0.15, 0.2) is 0 Å². The summed E-state index contributed by atoms with van der Waals surface area (Å²) >= 11 is 0. The zero-order valence-corrected chi connectivity index (χ0v) is 14.7. The van der Waals surface area contributed by atoms with Gasteiger partial charge in [-0.25, -0.2) is 4.39 Å². The summed E-state index contributed by atoms with van der Waals surface area (Å²) in [4.78, 5) is 12.9. The molecule has 1 amide bonds. The molecule has 0 bridgehead atoms. The maximum absolute atomic E-state index is 13.6. The maximum Gasteiger partial charge on any atom is 0.230 e. The van der Waals surface area contributed by atoms with Gasteiger partial charge in [-0.15, -0.1) is 0 Å². The number of carbonyl (C=O) groups is 1.